The molecule has 1 heterocycles. The fourth-order valence-corrected chi connectivity index (χ4v) is 2.42. The molecule has 2 aromatic rings. The van der Waals surface area contributed by atoms with Crippen molar-refractivity contribution in [1.82, 2.24) is 10.2 Å². The van der Waals surface area contributed by atoms with E-state index in [1.807, 2.05) is 0 Å². The lowest BCUT2D eigenvalue weighted by molar-refractivity contribution is 0.0689. The number of hydrogen-bond acceptors (Lipinski definition) is 4. The van der Waals surface area contributed by atoms with E-state index in [0.717, 1.165) is 4.90 Å². The van der Waals surface area contributed by atoms with Gasteiger partial charge in [-0.15, -0.1) is 10.2 Å². The first kappa shape index (κ1) is 13.1. The molecule has 1 aromatic heterocycles. The minimum Gasteiger partial charge on any atom is -0.476 e. The minimum absolute atomic E-state index is 0.100. The van der Waals surface area contributed by atoms with Crippen LogP contribution in [0.15, 0.2) is 40.3 Å². The molecule has 18 heavy (non-hydrogen) atoms. The molecule has 0 atom stereocenters. The maximum Gasteiger partial charge on any atom is 0.356 e. The van der Waals surface area contributed by atoms with Crippen LogP contribution in [0.5, 0.6) is 0 Å². The summed E-state index contributed by atoms with van der Waals surface area (Å²) in [7, 11) is 0. The number of hydrogen-bond donors (Lipinski definition) is 1. The van der Waals surface area contributed by atoms with Gasteiger partial charge >= 0.3 is 5.97 Å². The molecule has 1 N–H and O–H groups in total. The molecular formula is C11H6Cl2N2O2S. The first-order chi connectivity index (χ1) is 8.56. The van der Waals surface area contributed by atoms with Gasteiger partial charge in [0.1, 0.15) is 5.03 Å². The molecule has 4 nitrogen and oxygen atoms in total. The van der Waals surface area contributed by atoms with Crippen LogP contribution in [0.2, 0.25) is 10.0 Å². The van der Waals surface area contributed by atoms with Crippen molar-refractivity contribution < 1.29 is 9.90 Å². The van der Waals surface area contributed by atoms with Crippen LogP contribution in [-0.4, -0.2) is 21.3 Å². The van der Waals surface area contributed by atoms with E-state index in [-0.39, 0.29) is 5.69 Å². The highest BCUT2D eigenvalue weighted by molar-refractivity contribution is 7.99. The fourth-order valence-electron chi connectivity index (χ4n) is 1.16. The van der Waals surface area contributed by atoms with Crippen LogP contribution < -0.4 is 0 Å². The second kappa shape index (κ2) is 5.56. The summed E-state index contributed by atoms with van der Waals surface area (Å²) in [4.78, 5) is 11.4. The maximum atomic E-state index is 10.6. The summed E-state index contributed by atoms with van der Waals surface area (Å²) in [6.07, 6.45) is 0. The Kier molecular flexibility index (Phi) is 4.06. The van der Waals surface area contributed by atoms with Crippen LogP contribution in [0.1, 0.15) is 10.5 Å². The highest BCUT2D eigenvalue weighted by atomic mass is 35.5. The van der Waals surface area contributed by atoms with E-state index in [1.54, 1.807) is 24.3 Å². The number of rotatable bonds is 3. The highest BCUT2D eigenvalue weighted by Gasteiger charge is 2.08. The maximum absolute atomic E-state index is 10.6. The zero-order valence-corrected chi connectivity index (χ0v) is 11.1. The summed E-state index contributed by atoms with van der Waals surface area (Å²) in [6, 6.07) is 8.04. The van der Waals surface area contributed by atoms with Crippen molar-refractivity contribution in [1.29, 1.82) is 0 Å². The molecule has 0 amide bonds. The van der Waals surface area contributed by atoms with Gasteiger partial charge in [0.25, 0.3) is 0 Å². The van der Waals surface area contributed by atoms with E-state index in [9.17, 15) is 4.79 Å². The Morgan fingerprint density at radius 3 is 2.56 bits per heavy atom. The molecule has 92 valence electrons. The summed E-state index contributed by atoms with van der Waals surface area (Å²) in [6.45, 7) is 0. The van der Waals surface area contributed by atoms with E-state index in [4.69, 9.17) is 28.3 Å². The molecular weight excluding hydrogens is 295 g/mol. The predicted octanol–water partition coefficient (Wildman–Crippen LogP) is 3.63. The molecule has 0 unspecified atom stereocenters. The van der Waals surface area contributed by atoms with Gasteiger partial charge in [-0.05, 0) is 30.3 Å². The number of nitrogens with zero attached hydrogens (tertiary/aromatic N) is 2. The normalized spacial score (nSPS) is 10.3. The van der Waals surface area contributed by atoms with Crippen molar-refractivity contribution in [3.63, 3.8) is 0 Å². The number of carboxylic acid groups (broad SMARTS) is 1. The van der Waals surface area contributed by atoms with Crippen molar-refractivity contribution in [2.75, 3.05) is 0 Å². The second-order valence-electron chi connectivity index (χ2n) is 3.24. The molecule has 0 fully saturated rings. The third-order valence-electron chi connectivity index (χ3n) is 1.97. The highest BCUT2D eigenvalue weighted by Crippen LogP contribution is 2.33. The van der Waals surface area contributed by atoms with Crippen LogP contribution in [0.25, 0.3) is 0 Å². The Morgan fingerprint density at radius 1 is 1.17 bits per heavy atom. The first-order valence-corrected chi connectivity index (χ1v) is 6.33. The minimum atomic E-state index is -1.11. The van der Waals surface area contributed by atoms with Crippen LogP contribution in [-0.2, 0) is 0 Å². The van der Waals surface area contributed by atoms with Crippen LogP contribution in [0.3, 0.4) is 0 Å². The third kappa shape index (κ3) is 3.13. The van der Waals surface area contributed by atoms with E-state index in [1.165, 1.54) is 17.8 Å². The van der Waals surface area contributed by atoms with Gasteiger partial charge in [-0.25, -0.2) is 4.79 Å². The topological polar surface area (TPSA) is 63.1 Å². The van der Waals surface area contributed by atoms with Gasteiger partial charge in [-0.3, -0.25) is 0 Å². The van der Waals surface area contributed by atoms with Crippen LogP contribution in [0, 0.1) is 0 Å². The van der Waals surface area contributed by atoms with E-state index < -0.39 is 5.97 Å². The van der Waals surface area contributed by atoms with Gasteiger partial charge in [0.2, 0.25) is 0 Å². The molecule has 0 bridgehead atoms. The lowest BCUT2D eigenvalue weighted by atomic mass is 10.4. The zero-order valence-electron chi connectivity index (χ0n) is 8.80. The summed E-state index contributed by atoms with van der Waals surface area (Å²) in [5.74, 6) is -1.11. The number of carboxylic acids is 1. The van der Waals surface area contributed by atoms with Gasteiger partial charge in [-0.1, -0.05) is 35.0 Å². The smallest absolute Gasteiger partial charge is 0.356 e. The SMILES string of the molecule is O=C(O)c1ccc(Sc2cc(Cl)ccc2Cl)nn1. The average molecular weight is 301 g/mol. The Labute approximate surface area is 117 Å². The van der Waals surface area contributed by atoms with Crippen molar-refractivity contribution in [3.8, 4) is 0 Å². The fraction of sp³-hybridized carbons (Fsp3) is 0. The Hall–Kier alpha value is -1.30. The van der Waals surface area contributed by atoms with Gasteiger partial charge < -0.3 is 5.11 Å². The summed E-state index contributed by atoms with van der Waals surface area (Å²) < 4.78 is 0. The molecule has 7 heteroatoms. The zero-order chi connectivity index (χ0) is 13.1. The van der Waals surface area contributed by atoms with Gasteiger partial charge in [0, 0.05) is 9.92 Å². The standard InChI is InChI=1S/C11H6Cl2N2O2S/c12-6-1-2-7(13)9(5-6)18-10-4-3-8(11(16)17)14-15-10/h1-5H,(H,16,17). The number of aromatic carboxylic acids is 1. The molecule has 0 radical (unpaired) electrons. The molecule has 0 aliphatic carbocycles. The molecule has 0 aliphatic heterocycles. The first-order valence-electron chi connectivity index (χ1n) is 4.76. The molecule has 0 spiro atoms. The molecule has 0 saturated heterocycles. The average Bonchev–Trinajstić information content (AvgIpc) is 2.34. The third-order valence-corrected chi connectivity index (χ3v) is 3.63. The molecule has 2 rings (SSSR count). The number of carbonyl (C=O) groups is 1. The molecule has 0 aliphatic rings. The largest absolute Gasteiger partial charge is 0.476 e. The predicted molar refractivity (Wildman–Crippen MR) is 69.6 cm³/mol. The number of benzene rings is 1. The summed E-state index contributed by atoms with van der Waals surface area (Å²) in [5.41, 5.74) is -0.100. The molecule has 0 saturated carbocycles. The van der Waals surface area contributed by atoms with Crippen LogP contribution >= 0.6 is 35.0 Å². The van der Waals surface area contributed by atoms with E-state index in [0.29, 0.717) is 15.1 Å². The van der Waals surface area contributed by atoms with Gasteiger partial charge in [-0.2, -0.15) is 0 Å². The van der Waals surface area contributed by atoms with Crippen molar-refractivity contribution in [3.05, 3.63) is 46.1 Å². The van der Waals surface area contributed by atoms with Gasteiger partial charge in [0.15, 0.2) is 5.69 Å². The van der Waals surface area contributed by atoms with E-state index >= 15 is 0 Å². The van der Waals surface area contributed by atoms with Crippen molar-refractivity contribution in [2.24, 2.45) is 0 Å². The monoisotopic (exact) mass is 300 g/mol. The quantitative estimate of drug-likeness (QED) is 0.937. The number of halogens is 2. The number of aromatic nitrogens is 2. The Bertz CT molecular complexity index is 590. The van der Waals surface area contributed by atoms with E-state index in [2.05, 4.69) is 10.2 Å². The Morgan fingerprint density at radius 2 is 1.94 bits per heavy atom. The second-order valence-corrected chi connectivity index (χ2v) is 5.14. The van der Waals surface area contributed by atoms with Crippen LogP contribution in [0.4, 0.5) is 0 Å². The summed E-state index contributed by atoms with van der Waals surface area (Å²) in [5, 5.41) is 17.7. The summed E-state index contributed by atoms with van der Waals surface area (Å²) >= 11 is 13.1. The van der Waals surface area contributed by atoms with Gasteiger partial charge in [0.05, 0.1) is 5.02 Å². The molecule has 1 aromatic carbocycles. The Balaban J connectivity index is 2.23. The van der Waals surface area contributed by atoms with Crippen molar-refractivity contribution >= 4 is 40.9 Å². The lowest BCUT2D eigenvalue weighted by Crippen LogP contribution is -2.01. The van der Waals surface area contributed by atoms with Crippen molar-refractivity contribution in [2.45, 2.75) is 9.92 Å². The lowest BCUT2D eigenvalue weighted by Gasteiger charge is -2.03.